The second-order valence-electron chi connectivity index (χ2n) is 4.69. The van der Waals surface area contributed by atoms with Crippen LogP contribution in [0.5, 0.6) is 0 Å². The third kappa shape index (κ3) is 3.31. The van der Waals surface area contributed by atoms with Crippen LogP contribution in [0.4, 0.5) is 4.39 Å². The van der Waals surface area contributed by atoms with E-state index in [9.17, 15) is 14.0 Å². The minimum atomic E-state index is -0.669. The molecule has 1 aromatic rings. The number of likely N-dealkylation sites (tertiary alicyclic amines) is 1. The second-order valence-corrected chi connectivity index (χ2v) is 4.69. The standard InChI is InChI=1S/C14H17FN2O3/c1-2-20-14(19)10-4-7-17(8-5-10)13(18)11-3-6-16-12(15)9-11/h3,6,9-10H,2,4-5,7-8H2,1H3. The molecule has 0 aromatic carbocycles. The van der Waals surface area contributed by atoms with Crippen molar-refractivity contribution in [2.75, 3.05) is 19.7 Å². The smallest absolute Gasteiger partial charge is 0.309 e. The zero-order valence-electron chi connectivity index (χ0n) is 11.3. The number of ether oxygens (including phenoxy) is 1. The van der Waals surface area contributed by atoms with E-state index in [0.717, 1.165) is 6.07 Å². The van der Waals surface area contributed by atoms with Crippen molar-refractivity contribution in [2.24, 2.45) is 5.92 Å². The van der Waals surface area contributed by atoms with E-state index in [1.807, 2.05) is 0 Å². The summed E-state index contributed by atoms with van der Waals surface area (Å²) in [5.74, 6) is -1.24. The number of rotatable bonds is 3. The van der Waals surface area contributed by atoms with Crippen molar-refractivity contribution in [1.29, 1.82) is 0 Å². The monoisotopic (exact) mass is 280 g/mol. The summed E-state index contributed by atoms with van der Waals surface area (Å²) in [4.78, 5) is 28.8. The van der Waals surface area contributed by atoms with E-state index < -0.39 is 5.95 Å². The fraction of sp³-hybridized carbons (Fsp3) is 0.500. The number of carbonyl (C=O) groups excluding carboxylic acids is 2. The number of pyridine rings is 1. The maximum Gasteiger partial charge on any atom is 0.309 e. The van der Waals surface area contributed by atoms with Crippen LogP contribution >= 0.6 is 0 Å². The molecule has 1 saturated heterocycles. The molecular formula is C14H17FN2O3. The third-order valence-corrected chi connectivity index (χ3v) is 3.38. The first kappa shape index (κ1) is 14.4. The Bertz CT molecular complexity index is 499. The van der Waals surface area contributed by atoms with Gasteiger partial charge in [0.2, 0.25) is 5.95 Å². The number of halogens is 1. The van der Waals surface area contributed by atoms with Crippen molar-refractivity contribution in [2.45, 2.75) is 19.8 Å². The predicted octanol–water partition coefficient (Wildman–Crippen LogP) is 1.64. The van der Waals surface area contributed by atoms with Crippen molar-refractivity contribution in [3.63, 3.8) is 0 Å². The first-order valence-corrected chi connectivity index (χ1v) is 6.69. The normalized spacial score (nSPS) is 16.0. The summed E-state index contributed by atoms with van der Waals surface area (Å²) in [6.45, 7) is 3.10. The van der Waals surface area contributed by atoms with Crippen LogP contribution in [0.25, 0.3) is 0 Å². The minimum absolute atomic E-state index is 0.145. The van der Waals surface area contributed by atoms with Crippen molar-refractivity contribution in [3.05, 3.63) is 29.8 Å². The molecule has 1 aromatic heterocycles. The molecule has 1 aliphatic heterocycles. The quantitative estimate of drug-likeness (QED) is 0.624. The van der Waals surface area contributed by atoms with Crippen LogP contribution in [0.3, 0.4) is 0 Å². The van der Waals surface area contributed by atoms with Crippen LogP contribution in [0.1, 0.15) is 30.1 Å². The molecule has 0 bridgehead atoms. The van der Waals surface area contributed by atoms with E-state index >= 15 is 0 Å². The van der Waals surface area contributed by atoms with Crippen molar-refractivity contribution >= 4 is 11.9 Å². The molecule has 0 atom stereocenters. The van der Waals surface area contributed by atoms with Crippen LogP contribution in [-0.2, 0) is 9.53 Å². The van der Waals surface area contributed by atoms with Crippen LogP contribution in [0.2, 0.25) is 0 Å². The van der Waals surface area contributed by atoms with E-state index in [2.05, 4.69) is 4.98 Å². The van der Waals surface area contributed by atoms with E-state index in [4.69, 9.17) is 4.74 Å². The first-order valence-electron chi connectivity index (χ1n) is 6.69. The van der Waals surface area contributed by atoms with E-state index in [1.54, 1.807) is 11.8 Å². The molecule has 0 radical (unpaired) electrons. The van der Waals surface area contributed by atoms with Crippen LogP contribution in [0, 0.1) is 11.9 Å². The summed E-state index contributed by atoms with van der Waals surface area (Å²) < 4.78 is 18.0. The zero-order valence-corrected chi connectivity index (χ0v) is 11.3. The Morgan fingerprint density at radius 1 is 1.45 bits per heavy atom. The summed E-state index contributed by atoms with van der Waals surface area (Å²) >= 11 is 0. The fourth-order valence-electron chi connectivity index (χ4n) is 2.30. The van der Waals surface area contributed by atoms with Gasteiger partial charge in [-0.1, -0.05) is 0 Å². The highest BCUT2D eigenvalue weighted by atomic mass is 19.1. The van der Waals surface area contributed by atoms with Crippen molar-refractivity contribution < 1.29 is 18.7 Å². The number of aromatic nitrogens is 1. The van der Waals surface area contributed by atoms with Gasteiger partial charge in [-0.05, 0) is 25.8 Å². The van der Waals surface area contributed by atoms with E-state index in [-0.39, 0.29) is 23.4 Å². The van der Waals surface area contributed by atoms with Gasteiger partial charge in [0.05, 0.1) is 12.5 Å². The molecule has 0 unspecified atom stereocenters. The lowest BCUT2D eigenvalue weighted by molar-refractivity contribution is -0.149. The molecule has 2 heterocycles. The highest BCUT2D eigenvalue weighted by Crippen LogP contribution is 2.20. The number of hydrogen-bond donors (Lipinski definition) is 0. The molecule has 0 saturated carbocycles. The SMILES string of the molecule is CCOC(=O)C1CCN(C(=O)c2ccnc(F)c2)CC1. The lowest BCUT2D eigenvalue weighted by Crippen LogP contribution is -2.40. The first-order chi connectivity index (χ1) is 9.61. The average molecular weight is 280 g/mol. The second kappa shape index (κ2) is 6.45. The number of esters is 1. The van der Waals surface area contributed by atoms with Crippen molar-refractivity contribution in [3.8, 4) is 0 Å². The number of carbonyl (C=O) groups is 2. The van der Waals surface area contributed by atoms with Crippen molar-refractivity contribution in [1.82, 2.24) is 9.88 Å². The minimum Gasteiger partial charge on any atom is -0.466 e. The third-order valence-electron chi connectivity index (χ3n) is 3.38. The number of hydrogen-bond acceptors (Lipinski definition) is 4. The maximum atomic E-state index is 13.0. The number of nitrogens with zero attached hydrogens (tertiary/aromatic N) is 2. The number of amides is 1. The molecule has 1 fully saturated rings. The summed E-state index contributed by atoms with van der Waals surface area (Å²) in [5.41, 5.74) is 0.284. The molecule has 5 nitrogen and oxygen atoms in total. The Balaban J connectivity index is 1.93. The molecule has 20 heavy (non-hydrogen) atoms. The molecule has 0 aliphatic carbocycles. The van der Waals surface area contributed by atoms with Gasteiger partial charge in [0.1, 0.15) is 0 Å². The molecule has 1 aliphatic rings. The predicted molar refractivity (Wildman–Crippen MR) is 69.5 cm³/mol. The molecule has 0 spiro atoms. The highest BCUT2D eigenvalue weighted by Gasteiger charge is 2.28. The Morgan fingerprint density at radius 2 is 2.15 bits per heavy atom. The Kier molecular flexibility index (Phi) is 4.65. The highest BCUT2D eigenvalue weighted by molar-refractivity contribution is 5.94. The summed E-state index contributed by atoms with van der Waals surface area (Å²) in [6.07, 6.45) is 2.43. The van der Waals surface area contributed by atoms with Crippen LogP contribution in [0.15, 0.2) is 18.3 Å². The van der Waals surface area contributed by atoms with E-state index in [0.29, 0.717) is 32.5 Å². The molecule has 108 valence electrons. The average Bonchev–Trinajstić information content (AvgIpc) is 2.47. The van der Waals surface area contributed by atoms with Gasteiger partial charge in [-0.2, -0.15) is 4.39 Å². The Morgan fingerprint density at radius 3 is 2.75 bits per heavy atom. The van der Waals surface area contributed by atoms with E-state index in [1.165, 1.54) is 12.3 Å². The molecule has 0 N–H and O–H groups in total. The van der Waals surface area contributed by atoms with Crippen LogP contribution in [-0.4, -0.2) is 41.5 Å². The molecular weight excluding hydrogens is 263 g/mol. The topological polar surface area (TPSA) is 59.5 Å². The lowest BCUT2D eigenvalue weighted by Gasteiger charge is -2.30. The Hall–Kier alpha value is -1.98. The van der Waals surface area contributed by atoms with Gasteiger partial charge in [0.25, 0.3) is 5.91 Å². The van der Waals surface area contributed by atoms with Gasteiger partial charge in [0, 0.05) is 30.9 Å². The number of piperidine rings is 1. The summed E-state index contributed by atoms with van der Waals surface area (Å²) in [7, 11) is 0. The summed E-state index contributed by atoms with van der Waals surface area (Å²) in [6, 6.07) is 2.61. The maximum absolute atomic E-state index is 13.0. The van der Waals surface area contributed by atoms with Gasteiger partial charge in [-0.15, -0.1) is 0 Å². The largest absolute Gasteiger partial charge is 0.466 e. The van der Waals surface area contributed by atoms with Gasteiger partial charge in [-0.25, -0.2) is 4.98 Å². The van der Waals surface area contributed by atoms with Crippen LogP contribution < -0.4 is 0 Å². The molecule has 6 heteroatoms. The fourth-order valence-corrected chi connectivity index (χ4v) is 2.30. The lowest BCUT2D eigenvalue weighted by atomic mass is 9.96. The van der Waals surface area contributed by atoms with Gasteiger partial charge in [-0.3, -0.25) is 9.59 Å². The Labute approximate surface area is 116 Å². The van der Waals surface area contributed by atoms with Gasteiger partial charge >= 0.3 is 5.97 Å². The van der Waals surface area contributed by atoms with Gasteiger partial charge < -0.3 is 9.64 Å². The molecule has 1 amide bonds. The van der Waals surface area contributed by atoms with Gasteiger partial charge in [0.15, 0.2) is 0 Å². The molecule has 2 rings (SSSR count). The summed E-state index contributed by atoms with van der Waals surface area (Å²) in [5, 5.41) is 0. The zero-order chi connectivity index (χ0) is 14.5.